The van der Waals surface area contributed by atoms with Gasteiger partial charge in [0.05, 0.1) is 13.2 Å². The van der Waals surface area contributed by atoms with Crippen LogP contribution in [-0.2, 0) is 10.2 Å². The van der Waals surface area contributed by atoms with E-state index in [0.717, 1.165) is 37.8 Å². The van der Waals surface area contributed by atoms with Crippen LogP contribution in [0.4, 0.5) is 0 Å². The van der Waals surface area contributed by atoms with E-state index in [4.69, 9.17) is 14.2 Å². The Morgan fingerprint density at radius 3 is 2.59 bits per heavy atom. The molecule has 0 aromatic heterocycles. The summed E-state index contributed by atoms with van der Waals surface area (Å²) in [5.41, 5.74) is 1.53. The number of rotatable bonds is 2. The van der Waals surface area contributed by atoms with Gasteiger partial charge in [-0.1, -0.05) is 6.07 Å². The quantitative estimate of drug-likeness (QED) is 0.824. The summed E-state index contributed by atoms with van der Waals surface area (Å²) < 4.78 is 16.3. The Morgan fingerprint density at radius 1 is 1.12 bits per heavy atom. The lowest BCUT2D eigenvalue weighted by atomic mass is 9.66. The van der Waals surface area contributed by atoms with Crippen LogP contribution in [0.1, 0.15) is 5.56 Å². The lowest BCUT2D eigenvalue weighted by Gasteiger charge is -2.51. The molecule has 3 heterocycles. The molecule has 4 rings (SSSR count). The van der Waals surface area contributed by atoms with Crippen molar-refractivity contribution in [2.24, 2.45) is 5.92 Å². The smallest absolute Gasteiger partial charge is 0.231 e. The summed E-state index contributed by atoms with van der Waals surface area (Å²) >= 11 is 0. The highest BCUT2D eigenvalue weighted by atomic mass is 16.7. The van der Waals surface area contributed by atoms with E-state index >= 15 is 0 Å². The van der Waals surface area contributed by atoms with Crippen molar-refractivity contribution in [2.45, 2.75) is 5.41 Å². The van der Waals surface area contributed by atoms with E-state index in [1.54, 1.807) is 0 Å². The Kier molecular flexibility index (Phi) is 1.93. The van der Waals surface area contributed by atoms with Gasteiger partial charge in [0.25, 0.3) is 0 Å². The van der Waals surface area contributed by atoms with Crippen LogP contribution in [0, 0.1) is 5.92 Å². The second-order valence-electron chi connectivity index (χ2n) is 5.07. The number of nitrogens with one attached hydrogen (secondary N) is 1. The molecule has 2 saturated heterocycles. The molecule has 0 unspecified atom stereocenters. The van der Waals surface area contributed by atoms with E-state index in [-0.39, 0.29) is 5.41 Å². The Bertz CT molecular complexity index is 452. The van der Waals surface area contributed by atoms with Crippen LogP contribution in [0.25, 0.3) is 0 Å². The zero-order valence-corrected chi connectivity index (χ0v) is 9.57. The van der Waals surface area contributed by atoms with E-state index in [0.29, 0.717) is 12.7 Å². The highest BCUT2D eigenvalue weighted by Gasteiger charge is 2.49. The molecule has 0 radical (unpaired) electrons. The molecule has 1 aromatic rings. The molecule has 90 valence electrons. The summed E-state index contributed by atoms with van der Waals surface area (Å²) in [7, 11) is 0. The molecular weight excluding hydrogens is 218 g/mol. The predicted molar refractivity (Wildman–Crippen MR) is 61.4 cm³/mol. The van der Waals surface area contributed by atoms with E-state index in [1.165, 1.54) is 5.56 Å². The van der Waals surface area contributed by atoms with Gasteiger partial charge in [-0.3, -0.25) is 0 Å². The van der Waals surface area contributed by atoms with Gasteiger partial charge in [-0.15, -0.1) is 0 Å². The molecule has 0 bridgehead atoms. The molecule has 4 heteroatoms. The molecule has 3 aliphatic rings. The van der Waals surface area contributed by atoms with Gasteiger partial charge in [0, 0.05) is 18.5 Å². The topological polar surface area (TPSA) is 39.7 Å². The minimum Gasteiger partial charge on any atom is -0.454 e. The molecule has 0 amide bonds. The molecule has 3 aliphatic heterocycles. The second kappa shape index (κ2) is 3.37. The van der Waals surface area contributed by atoms with Gasteiger partial charge < -0.3 is 19.5 Å². The van der Waals surface area contributed by atoms with Gasteiger partial charge in [-0.25, -0.2) is 0 Å². The van der Waals surface area contributed by atoms with Gasteiger partial charge in [0.1, 0.15) is 0 Å². The molecule has 4 nitrogen and oxygen atoms in total. The summed E-state index contributed by atoms with van der Waals surface area (Å²) in [6.07, 6.45) is 0. The van der Waals surface area contributed by atoms with Crippen molar-refractivity contribution in [3.63, 3.8) is 0 Å². The average Bonchev–Trinajstić information content (AvgIpc) is 2.67. The van der Waals surface area contributed by atoms with Gasteiger partial charge in [-0.05, 0) is 23.6 Å². The van der Waals surface area contributed by atoms with Gasteiger partial charge in [0.2, 0.25) is 6.79 Å². The number of ether oxygens (including phenoxy) is 3. The standard InChI is InChI=1S/C13H15NO3/c1-2-11-12(17-8-16-11)3-9(1)13(6-15-7-13)10-4-14-5-10/h1-3,10,14H,4-8H2. The Balaban J connectivity index is 1.72. The van der Waals surface area contributed by atoms with Gasteiger partial charge >= 0.3 is 0 Å². The molecule has 0 saturated carbocycles. The van der Waals surface area contributed by atoms with Crippen LogP contribution in [0.15, 0.2) is 18.2 Å². The maximum Gasteiger partial charge on any atom is 0.231 e. The minimum absolute atomic E-state index is 0.201. The maximum atomic E-state index is 5.47. The first kappa shape index (κ1) is 9.74. The summed E-state index contributed by atoms with van der Waals surface area (Å²) in [6, 6.07) is 6.31. The Morgan fingerprint density at radius 2 is 1.94 bits per heavy atom. The number of hydrogen-bond donors (Lipinski definition) is 1. The van der Waals surface area contributed by atoms with Crippen LogP contribution in [0.5, 0.6) is 11.5 Å². The summed E-state index contributed by atoms with van der Waals surface area (Å²) in [5, 5.41) is 3.35. The van der Waals surface area contributed by atoms with E-state index in [2.05, 4.69) is 17.4 Å². The predicted octanol–water partition coefficient (Wildman–Crippen LogP) is 0.903. The highest BCUT2D eigenvalue weighted by Crippen LogP contribution is 2.44. The van der Waals surface area contributed by atoms with E-state index < -0.39 is 0 Å². The molecule has 1 aromatic carbocycles. The maximum absolute atomic E-state index is 5.47. The van der Waals surface area contributed by atoms with Crippen molar-refractivity contribution < 1.29 is 14.2 Å². The Hall–Kier alpha value is -1.26. The van der Waals surface area contributed by atoms with Gasteiger partial charge in [-0.2, -0.15) is 0 Å². The first-order valence-electron chi connectivity index (χ1n) is 6.07. The number of fused-ring (bicyclic) bond motifs is 1. The molecule has 17 heavy (non-hydrogen) atoms. The molecule has 0 atom stereocenters. The minimum atomic E-state index is 0.201. The van der Waals surface area contributed by atoms with Crippen LogP contribution >= 0.6 is 0 Å². The lowest BCUT2D eigenvalue weighted by Crippen LogP contribution is -2.62. The van der Waals surface area contributed by atoms with Crippen molar-refractivity contribution in [1.82, 2.24) is 5.32 Å². The van der Waals surface area contributed by atoms with Crippen molar-refractivity contribution in [3.05, 3.63) is 23.8 Å². The zero-order valence-electron chi connectivity index (χ0n) is 9.57. The number of hydrogen-bond acceptors (Lipinski definition) is 4. The fourth-order valence-electron chi connectivity index (χ4n) is 2.85. The molecular formula is C13H15NO3. The van der Waals surface area contributed by atoms with Crippen LogP contribution in [0.2, 0.25) is 0 Å². The Labute approximate surface area is 99.9 Å². The average molecular weight is 233 g/mol. The van der Waals surface area contributed by atoms with Crippen LogP contribution in [0.3, 0.4) is 0 Å². The zero-order chi connectivity index (χ0) is 11.3. The molecule has 0 spiro atoms. The SMILES string of the molecule is c1cc2c(cc1C1(C3CNC3)COC1)OCO2. The third-order valence-corrected chi connectivity index (χ3v) is 4.23. The van der Waals surface area contributed by atoms with Crippen LogP contribution < -0.4 is 14.8 Å². The third-order valence-electron chi connectivity index (χ3n) is 4.23. The van der Waals surface area contributed by atoms with Crippen molar-refractivity contribution >= 4 is 0 Å². The van der Waals surface area contributed by atoms with Crippen molar-refractivity contribution in [3.8, 4) is 11.5 Å². The lowest BCUT2D eigenvalue weighted by molar-refractivity contribution is -0.101. The fraction of sp³-hybridized carbons (Fsp3) is 0.538. The first-order valence-corrected chi connectivity index (χ1v) is 6.07. The number of benzene rings is 1. The van der Waals surface area contributed by atoms with Crippen LogP contribution in [-0.4, -0.2) is 33.1 Å². The summed E-state index contributed by atoms with van der Waals surface area (Å²) in [5.74, 6) is 2.42. The summed E-state index contributed by atoms with van der Waals surface area (Å²) in [4.78, 5) is 0. The first-order chi connectivity index (χ1) is 8.38. The second-order valence-corrected chi connectivity index (χ2v) is 5.07. The summed E-state index contributed by atoms with van der Waals surface area (Å²) in [6.45, 7) is 4.20. The normalized spacial score (nSPS) is 25.2. The molecule has 1 N–H and O–H groups in total. The molecule has 2 fully saturated rings. The van der Waals surface area contributed by atoms with Gasteiger partial charge in [0.15, 0.2) is 11.5 Å². The monoisotopic (exact) mass is 233 g/mol. The highest BCUT2D eigenvalue weighted by molar-refractivity contribution is 5.47. The third kappa shape index (κ3) is 1.25. The van der Waals surface area contributed by atoms with E-state index in [9.17, 15) is 0 Å². The van der Waals surface area contributed by atoms with Crippen molar-refractivity contribution in [1.29, 1.82) is 0 Å². The molecule has 0 aliphatic carbocycles. The fourth-order valence-corrected chi connectivity index (χ4v) is 2.85. The van der Waals surface area contributed by atoms with E-state index in [1.807, 2.05) is 6.07 Å². The van der Waals surface area contributed by atoms with Crippen molar-refractivity contribution in [2.75, 3.05) is 33.1 Å². The largest absolute Gasteiger partial charge is 0.454 e.